The smallest absolute Gasteiger partial charge is 0.216 e. The van der Waals surface area contributed by atoms with Crippen molar-refractivity contribution >= 4 is 5.96 Å². The number of aliphatic imine (C=N–C) groups is 1. The normalized spacial score (nSPS) is 13.4. The Kier molecular flexibility index (Phi) is 6.91. The molecule has 0 aromatic carbocycles. The molecule has 0 aliphatic rings. The number of hydrazine groups is 1. The number of hydrogen-bond donors (Lipinski definition) is 3. The van der Waals surface area contributed by atoms with Crippen molar-refractivity contribution in [3.63, 3.8) is 0 Å². The first-order valence-electron chi connectivity index (χ1n) is 6.45. The predicted octanol–water partition coefficient (Wildman–Crippen LogP) is 0.880. The van der Waals surface area contributed by atoms with Gasteiger partial charge in [-0.25, -0.2) is 10.8 Å². The van der Waals surface area contributed by atoms with Gasteiger partial charge in [0.1, 0.15) is 11.8 Å². The molecule has 19 heavy (non-hydrogen) atoms. The zero-order valence-electron chi connectivity index (χ0n) is 11.8. The summed E-state index contributed by atoms with van der Waals surface area (Å²) in [5, 5.41) is 3.10. The van der Waals surface area contributed by atoms with Crippen molar-refractivity contribution < 1.29 is 9.15 Å². The van der Waals surface area contributed by atoms with Crippen LogP contribution in [0.1, 0.15) is 38.0 Å². The average molecular weight is 269 g/mol. The summed E-state index contributed by atoms with van der Waals surface area (Å²) < 4.78 is 10.7. The van der Waals surface area contributed by atoms with Gasteiger partial charge in [-0.1, -0.05) is 0 Å². The van der Waals surface area contributed by atoms with Crippen molar-refractivity contribution in [2.75, 3.05) is 19.8 Å². The average Bonchev–Trinajstić information content (AvgIpc) is 2.83. The lowest BCUT2D eigenvalue weighted by molar-refractivity contribution is 0.146. The molecule has 1 aromatic rings. The maximum absolute atomic E-state index is 5.43. The number of nitrogens with one attached hydrogen (secondary N) is 2. The number of ether oxygens (including phenoxy) is 1. The Morgan fingerprint density at radius 1 is 1.63 bits per heavy atom. The number of aryl methyl sites for hydroxylation is 1. The van der Waals surface area contributed by atoms with E-state index in [2.05, 4.69) is 20.7 Å². The SMILES string of the molecule is CCOCCCN=C(NN)NC(C)c1ncc(C)o1. The molecule has 0 amide bonds. The Balaban J connectivity index is 2.40. The van der Waals surface area contributed by atoms with Gasteiger partial charge in [0.25, 0.3) is 0 Å². The molecule has 1 aromatic heterocycles. The lowest BCUT2D eigenvalue weighted by atomic mass is 10.3. The van der Waals surface area contributed by atoms with E-state index in [1.807, 2.05) is 20.8 Å². The fraction of sp³-hybridized carbons (Fsp3) is 0.667. The second kappa shape index (κ2) is 8.49. The second-order valence-corrected chi connectivity index (χ2v) is 4.10. The minimum Gasteiger partial charge on any atom is -0.444 e. The van der Waals surface area contributed by atoms with Crippen molar-refractivity contribution in [1.29, 1.82) is 0 Å². The summed E-state index contributed by atoms with van der Waals surface area (Å²) in [6, 6.07) is -0.101. The summed E-state index contributed by atoms with van der Waals surface area (Å²) in [7, 11) is 0. The number of guanidine groups is 1. The van der Waals surface area contributed by atoms with Crippen LogP contribution >= 0.6 is 0 Å². The molecule has 0 saturated heterocycles. The summed E-state index contributed by atoms with van der Waals surface area (Å²) in [5.41, 5.74) is 2.53. The van der Waals surface area contributed by atoms with Gasteiger partial charge in [-0.3, -0.25) is 10.4 Å². The summed E-state index contributed by atoms with van der Waals surface area (Å²) in [6.07, 6.45) is 2.54. The molecule has 0 aliphatic carbocycles. The van der Waals surface area contributed by atoms with Gasteiger partial charge in [0.05, 0.1) is 6.20 Å². The van der Waals surface area contributed by atoms with Crippen molar-refractivity contribution in [2.24, 2.45) is 10.8 Å². The van der Waals surface area contributed by atoms with Crippen LogP contribution in [0.15, 0.2) is 15.6 Å². The molecule has 7 nitrogen and oxygen atoms in total. The molecule has 0 fully saturated rings. The summed E-state index contributed by atoms with van der Waals surface area (Å²) in [4.78, 5) is 8.46. The van der Waals surface area contributed by atoms with Gasteiger partial charge in [0.2, 0.25) is 11.9 Å². The monoisotopic (exact) mass is 269 g/mol. The van der Waals surface area contributed by atoms with Crippen LogP contribution in [0.5, 0.6) is 0 Å². The third-order valence-corrected chi connectivity index (χ3v) is 2.42. The van der Waals surface area contributed by atoms with E-state index >= 15 is 0 Å². The standard InChI is InChI=1S/C12H23N5O2/c1-4-18-7-5-6-14-12(17-13)16-10(3)11-15-8-9(2)19-11/h8,10H,4-7,13H2,1-3H3,(H2,14,16,17). The van der Waals surface area contributed by atoms with Crippen LogP contribution in [0.4, 0.5) is 0 Å². The number of nitrogens with zero attached hydrogens (tertiary/aromatic N) is 2. The van der Waals surface area contributed by atoms with Crippen molar-refractivity contribution in [3.05, 3.63) is 17.8 Å². The molecule has 7 heteroatoms. The topological polar surface area (TPSA) is 97.7 Å². The Morgan fingerprint density at radius 3 is 3.00 bits per heavy atom. The zero-order chi connectivity index (χ0) is 14.1. The first-order valence-corrected chi connectivity index (χ1v) is 6.45. The van der Waals surface area contributed by atoms with Crippen LogP contribution in [0.25, 0.3) is 0 Å². The van der Waals surface area contributed by atoms with Crippen LogP contribution in [0.2, 0.25) is 0 Å². The molecular formula is C12H23N5O2. The Bertz CT molecular complexity index is 391. The summed E-state index contributed by atoms with van der Waals surface area (Å²) in [5.74, 6) is 7.32. The van der Waals surface area contributed by atoms with Gasteiger partial charge in [0, 0.05) is 19.8 Å². The molecule has 0 aliphatic heterocycles. The largest absolute Gasteiger partial charge is 0.444 e. The highest BCUT2D eigenvalue weighted by Gasteiger charge is 2.12. The van der Waals surface area contributed by atoms with E-state index in [4.69, 9.17) is 15.0 Å². The number of aromatic nitrogens is 1. The minimum absolute atomic E-state index is 0.101. The third kappa shape index (κ3) is 5.71. The van der Waals surface area contributed by atoms with Crippen molar-refractivity contribution in [2.45, 2.75) is 33.2 Å². The molecule has 0 bridgehead atoms. The highest BCUT2D eigenvalue weighted by atomic mass is 16.5. The molecule has 0 spiro atoms. The van der Waals surface area contributed by atoms with Gasteiger partial charge < -0.3 is 14.5 Å². The molecule has 4 N–H and O–H groups in total. The van der Waals surface area contributed by atoms with Gasteiger partial charge >= 0.3 is 0 Å². The maximum atomic E-state index is 5.43. The minimum atomic E-state index is -0.101. The van der Waals surface area contributed by atoms with Crippen LogP contribution in [-0.4, -0.2) is 30.7 Å². The Hall–Kier alpha value is -1.60. The van der Waals surface area contributed by atoms with Crippen LogP contribution < -0.4 is 16.6 Å². The van der Waals surface area contributed by atoms with E-state index in [1.165, 1.54) is 0 Å². The van der Waals surface area contributed by atoms with Gasteiger partial charge in [0.15, 0.2) is 0 Å². The molecule has 1 rings (SSSR count). The lowest BCUT2D eigenvalue weighted by Gasteiger charge is -2.13. The number of nitrogens with two attached hydrogens (primary N) is 1. The van der Waals surface area contributed by atoms with Gasteiger partial charge in [-0.2, -0.15) is 0 Å². The molecule has 108 valence electrons. The molecular weight excluding hydrogens is 246 g/mol. The molecule has 0 saturated carbocycles. The van der Waals surface area contributed by atoms with E-state index in [0.29, 0.717) is 25.0 Å². The number of oxazole rings is 1. The van der Waals surface area contributed by atoms with Crippen LogP contribution in [-0.2, 0) is 4.74 Å². The lowest BCUT2D eigenvalue weighted by Crippen LogP contribution is -2.42. The molecule has 1 unspecified atom stereocenters. The first-order chi connectivity index (χ1) is 9.17. The van der Waals surface area contributed by atoms with Crippen LogP contribution in [0, 0.1) is 6.92 Å². The zero-order valence-corrected chi connectivity index (χ0v) is 11.8. The number of hydrogen-bond acceptors (Lipinski definition) is 5. The Morgan fingerprint density at radius 2 is 2.42 bits per heavy atom. The quantitative estimate of drug-likeness (QED) is 0.223. The molecule has 1 atom stereocenters. The summed E-state index contributed by atoms with van der Waals surface area (Å²) >= 11 is 0. The number of rotatable bonds is 7. The Labute approximate surface area is 113 Å². The van der Waals surface area contributed by atoms with Gasteiger partial charge in [-0.05, 0) is 27.2 Å². The van der Waals surface area contributed by atoms with E-state index in [-0.39, 0.29) is 6.04 Å². The van der Waals surface area contributed by atoms with Crippen molar-refractivity contribution in [3.8, 4) is 0 Å². The summed E-state index contributed by atoms with van der Waals surface area (Å²) in [6.45, 7) is 7.82. The highest BCUT2D eigenvalue weighted by molar-refractivity contribution is 5.79. The fourth-order valence-electron chi connectivity index (χ4n) is 1.47. The molecule has 1 heterocycles. The highest BCUT2D eigenvalue weighted by Crippen LogP contribution is 2.11. The van der Waals surface area contributed by atoms with Crippen LogP contribution in [0.3, 0.4) is 0 Å². The van der Waals surface area contributed by atoms with Gasteiger partial charge in [-0.15, -0.1) is 0 Å². The van der Waals surface area contributed by atoms with E-state index in [0.717, 1.165) is 18.8 Å². The predicted molar refractivity (Wildman–Crippen MR) is 73.5 cm³/mol. The fourth-order valence-corrected chi connectivity index (χ4v) is 1.47. The molecule has 0 radical (unpaired) electrons. The second-order valence-electron chi connectivity index (χ2n) is 4.10. The third-order valence-electron chi connectivity index (χ3n) is 2.42. The first kappa shape index (κ1) is 15.5. The maximum Gasteiger partial charge on any atom is 0.216 e. The van der Waals surface area contributed by atoms with E-state index in [1.54, 1.807) is 6.20 Å². The van der Waals surface area contributed by atoms with E-state index < -0.39 is 0 Å². The van der Waals surface area contributed by atoms with Crippen molar-refractivity contribution in [1.82, 2.24) is 15.7 Å². The van der Waals surface area contributed by atoms with E-state index in [9.17, 15) is 0 Å².